The van der Waals surface area contributed by atoms with Gasteiger partial charge in [-0.2, -0.15) is 5.10 Å². The number of benzene rings is 1. The smallest absolute Gasteiger partial charge is 0.224 e. The van der Waals surface area contributed by atoms with E-state index in [1.807, 2.05) is 41.2 Å². The number of hydrogen-bond acceptors (Lipinski definition) is 3. The molecule has 5 heteroatoms. The summed E-state index contributed by atoms with van der Waals surface area (Å²) in [5, 5.41) is 16.1. The van der Waals surface area contributed by atoms with E-state index in [0.29, 0.717) is 19.4 Å². The molecule has 2 rings (SSSR count). The number of amides is 1. The highest BCUT2D eigenvalue weighted by atomic mass is 16.3. The molecule has 1 aromatic carbocycles. The van der Waals surface area contributed by atoms with Crippen LogP contribution in [0.5, 0.6) is 0 Å². The Hall–Kier alpha value is -2.14. The van der Waals surface area contributed by atoms with Crippen LogP contribution in [0.4, 0.5) is 5.69 Å². The van der Waals surface area contributed by atoms with E-state index >= 15 is 0 Å². The van der Waals surface area contributed by atoms with E-state index in [2.05, 4.69) is 10.4 Å². The van der Waals surface area contributed by atoms with E-state index in [4.69, 9.17) is 5.11 Å². The molecule has 1 heterocycles. The number of nitrogens with one attached hydrogen (secondary N) is 1. The largest absolute Gasteiger partial charge is 0.393 e. The molecular formula is C15H19N3O2. The lowest BCUT2D eigenvalue weighted by atomic mass is 10.2. The van der Waals surface area contributed by atoms with E-state index in [1.54, 1.807) is 13.1 Å². The molecule has 0 saturated carbocycles. The lowest BCUT2D eigenvalue weighted by Gasteiger charge is -2.08. The summed E-state index contributed by atoms with van der Waals surface area (Å²) >= 11 is 0. The van der Waals surface area contributed by atoms with Crippen molar-refractivity contribution in [2.75, 3.05) is 5.32 Å². The Labute approximate surface area is 118 Å². The predicted molar refractivity (Wildman–Crippen MR) is 77.3 cm³/mol. The van der Waals surface area contributed by atoms with Gasteiger partial charge in [0, 0.05) is 24.5 Å². The summed E-state index contributed by atoms with van der Waals surface area (Å²) < 4.78 is 1.84. The number of aromatic nitrogens is 2. The highest BCUT2D eigenvalue weighted by molar-refractivity contribution is 5.90. The molecule has 2 aromatic rings. The molecule has 1 aromatic heterocycles. The average Bonchev–Trinajstić information content (AvgIpc) is 2.92. The Bertz CT molecular complexity index is 533. The molecule has 0 aliphatic carbocycles. The molecule has 0 radical (unpaired) electrons. The second-order valence-electron chi connectivity index (χ2n) is 4.84. The van der Waals surface area contributed by atoms with Gasteiger partial charge in [0.15, 0.2) is 0 Å². The average molecular weight is 273 g/mol. The number of carbonyl (C=O) groups excluding carboxylic acids is 1. The minimum Gasteiger partial charge on any atom is -0.393 e. The zero-order chi connectivity index (χ0) is 14.4. The monoisotopic (exact) mass is 273 g/mol. The number of aliphatic hydroxyl groups excluding tert-OH is 1. The highest BCUT2D eigenvalue weighted by Crippen LogP contribution is 2.11. The van der Waals surface area contributed by atoms with Crippen LogP contribution in [0.2, 0.25) is 0 Å². The van der Waals surface area contributed by atoms with Gasteiger partial charge in [-0.05, 0) is 37.1 Å². The van der Waals surface area contributed by atoms with Crippen molar-refractivity contribution >= 4 is 11.6 Å². The van der Waals surface area contributed by atoms with Crippen molar-refractivity contribution in [2.45, 2.75) is 32.4 Å². The maximum absolute atomic E-state index is 11.6. The van der Waals surface area contributed by atoms with E-state index in [9.17, 15) is 4.79 Å². The third-order valence-corrected chi connectivity index (χ3v) is 2.93. The van der Waals surface area contributed by atoms with Crippen LogP contribution in [-0.2, 0) is 11.3 Å². The number of nitrogens with zero attached hydrogens (tertiary/aromatic N) is 2. The Balaban J connectivity index is 1.86. The topological polar surface area (TPSA) is 67.2 Å². The van der Waals surface area contributed by atoms with Crippen molar-refractivity contribution in [3.8, 4) is 0 Å². The maximum atomic E-state index is 11.6. The lowest BCUT2D eigenvalue weighted by Crippen LogP contribution is -2.14. The fraction of sp³-hybridized carbons (Fsp3) is 0.333. The molecule has 2 N–H and O–H groups in total. The minimum absolute atomic E-state index is 0.0780. The summed E-state index contributed by atoms with van der Waals surface area (Å²) in [6.07, 6.45) is 4.01. The van der Waals surface area contributed by atoms with Gasteiger partial charge in [-0.25, -0.2) is 0 Å². The van der Waals surface area contributed by atoms with Crippen molar-refractivity contribution in [1.29, 1.82) is 0 Å². The van der Waals surface area contributed by atoms with Gasteiger partial charge in [-0.3, -0.25) is 9.48 Å². The Morgan fingerprint density at radius 2 is 2.15 bits per heavy atom. The SMILES string of the molecule is CC(O)CCC(=O)Nc1ccc(Cn2cccn2)cc1. The molecule has 5 nitrogen and oxygen atoms in total. The number of rotatable bonds is 6. The summed E-state index contributed by atoms with van der Waals surface area (Å²) in [4.78, 5) is 11.6. The standard InChI is InChI=1S/C15H19N3O2/c1-12(19)3-8-15(20)17-14-6-4-13(5-7-14)11-18-10-2-9-16-18/h2,4-7,9-10,12,19H,3,8,11H2,1H3,(H,17,20). The van der Waals surface area contributed by atoms with Crippen molar-refractivity contribution in [3.05, 3.63) is 48.3 Å². The molecule has 20 heavy (non-hydrogen) atoms. The summed E-state index contributed by atoms with van der Waals surface area (Å²) in [6.45, 7) is 2.39. The first kappa shape index (κ1) is 14.3. The van der Waals surface area contributed by atoms with Crippen LogP contribution in [0.25, 0.3) is 0 Å². The van der Waals surface area contributed by atoms with Crippen LogP contribution in [0.1, 0.15) is 25.3 Å². The van der Waals surface area contributed by atoms with Gasteiger partial charge in [-0.15, -0.1) is 0 Å². The van der Waals surface area contributed by atoms with Gasteiger partial charge < -0.3 is 10.4 Å². The first-order chi connectivity index (χ1) is 9.63. The fourth-order valence-electron chi connectivity index (χ4n) is 1.84. The summed E-state index contributed by atoms with van der Waals surface area (Å²) in [5.41, 5.74) is 1.89. The molecule has 1 unspecified atom stereocenters. The van der Waals surface area contributed by atoms with Crippen molar-refractivity contribution in [2.24, 2.45) is 0 Å². The van der Waals surface area contributed by atoms with E-state index in [0.717, 1.165) is 11.3 Å². The van der Waals surface area contributed by atoms with Crippen LogP contribution in [-0.4, -0.2) is 26.9 Å². The van der Waals surface area contributed by atoms with Gasteiger partial charge in [0.05, 0.1) is 12.6 Å². The van der Waals surface area contributed by atoms with Crippen LogP contribution in [0.3, 0.4) is 0 Å². The summed E-state index contributed by atoms with van der Waals surface area (Å²) in [7, 11) is 0. The molecule has 0 aliphatic heterocycles. The molecule has 1 atom stereocenters. The zero-order valence-electron chi connectivity index (χ0n) is 11.5. The number of aliphatic hydroxyl groups is 1. The normalized spacial score (nSPS) is 12.1. The third-order valence-electron chi connectivity index (χ3n) is 2.93. The van der Waals surface area contributed by atoms with E-state index in [1.165, 1.54) is 0 Å². The van der Waals surface area contributed by atoms with Gasteiger partial charge in [0.25, 0.3) is 0 Å². The molecule has 0 aliphatic rings. The number of hydrogen-bond donors (Lipinski definition) is 2. The summed E-state index contributed by atoms with van der Waals surface area (Å²) in [6, 6.07) is 9.56. The maximum Gasteiger partial charge on any atom is 0.224 e. The predicted octanol–water partition coefficient (Wildman–Crippen LogP) is 2.03. The van der Waals surface area contributed by atoms with E-state index in [-0.39, 0.29) is 5.91 Å². The molecule has 106 valence electrons. The van der Waals surface area contributed by atoms with Gasteiger partial charge >= 0.3 is 0 Å². The highest BCUT2D eigenvalue weighted by Gasteiger charge is 2.05. The van der Waals surface area contributed by atoms with Crippen molar-refractivity contribution < 1.29 is 9.90 Å². The van der Waals surface area contributed by atoms with E-state index < -0.39 is 6.10 Å². The van der Waals surface area contributed by atoms with Crippen molar-refractivity contribution in [1.82, 2.24) is 9.78 Å². The first-order valence-electron chi connectivity index (χ1n) is 6.68. The molecule has 1 amide bonds. The molecule has 0 fully saturated rings. The second-order valence-corrected chi connectivity index (χ2v) is 4.84. The first-order valence-corrected chi connectivity index (χ1v) is 6.68. The Morgan fingerprint density at radius 3 is 2.75 bits per heavy atom. The summed E-state index contributed by atoms with van der Waals surface area (Å²) in [5.74, 6) is -0.0780. The van der Waals surface area contributed by atoms with Crippen LogP contribution in [0.15, 0.2) is 42.7 Å². The lowest BCUT2D eigenvalue weighted by molar-refractivity contribution is -0.116. The van der Waals surface area contributed by atoms with Crippen LogP contribution < -0.4 is 5.32 Å². The molecule has 0 bridgehead atoms. The van der Waals surface area contributed by atoms with Crippen molar-refractivity contribution in [3.63, 3.8) is 0 Å². The molecular weight excluding hydrogens is 254 g/mol. The van der Waals surface area contributed by atoms with Gasteiger partial charge in [0.2, 0.25) is 5.91 Å². The zero-order valence-corrected chi connectivity index (χ0v) is 11.5. The van der Waals surface area contributed by atoms with Gasteiger partial charge in [-0.1, -0.05) is 12.1 Å². The van der Waals surface area contributed by atoms with Crippen LogP contribution in [0, 0.1) is 0 Å². The Kier molecular flexibility index (Phi) is 4.90. The van der Waals surface area contributed by atoms with Crippen LogP contribution >= 0.6 is 0 Å². The molecule has 0 saturated heterocycles. The second kappa shape index (κ2) is 6.86. The molecule has 0 spiro atoms. The Morgan fingerprint density at radius 1 is 1.40 bits per heavy atom. The third kappa shape index (κ3) is 4.51. The quantitative estimate of drug-likeness (QED) is 0.846. The van der Waals surface area contributed by atoms with Gasteiger partial charge in [0.1, 0.15) is 0 Å². The number of anilines is 1. The fourth-order valence-corrected chi connectivity index (χ4v) is 1.84. The minimum atomic E-state index is -0.447. The number of carbonyl (C=O) groups is 1.